The van der Waals surface area contributed by atoms with E-state index in [2.05, 4.69) is 29.9 Å². The van der Waals surface area contributed by atoms with Gasteiger partial charge in [0.15, 0.2) is 0 Å². The SMILES string of the molecule is CC1(C)Cc2c(cnn2-c2ccccc2Cl)CN(CCOCCC#N)C1. The summed E-state index contributed by atoms with van der Waals surface area (Å²) in [6.45, 7) is 8.42. The highest BCUT2D eigenvalue weighted by Gasteiger charge is 2.30. The van der Waals surface area contributed by atoms with Gasteiger partial charge in [-0.1, -0.05) is 37.6 Å². The van der Waals surface area contributed by atoms with E-state index in [-0.39, 0.29) is 5.41 Å². The third-order valence-corrected chi connectivity index (χ3v) is 4.96. The molecule has 1 aliphatic heterocycles. The first-order valence-corrected chi connectivity index (χ1v) is 9.36. The highest BCUT2D eigenvalue weighted by molar-refractivity contribution is 6.32. The lowest BCUT2D eigenvalue weighted by molar-refractivity contribution is 0.0898. The van der Waals surface area contributed by atoms with Crippen molar-refractivity contribution in [3.63, 3.8) is 0 Å². The minimum absolute atomic E-state index is 0.122. The summed E-state index contributed by atoms with van der Waals surface area (Å²) < 4.78 is 7.55. The van der Waals surface area contributed by atoms with Gasteiger partial charge < -0.3 is 4.74 Å². The van der Waals surface area contributed by atoms with Crippen LogP contribution >= 0.6 is 11.6 Å². The molecule has 0 radical (unpaired) electrons. The molecule has 1 aliphatic rings. The minimum Gasteiger partial charge on any atom is -0.379 e. The molecular formula is C20H25ClN4O. The largest absolute Gasteiger partial charge is 0.379 e. The van der Waals surface area contributed by atoms with Gasteiger partial charge in [0.05, 0.1) is 42.6 Å². The molecule has 0 saturated carbocycles. The van der Waals surface area contributed by atoms with Crippen LogP contribution in [0.5, 0.6) is 0 Å². The molecule has 2 heterocycles. The first kappa shape index (κ1) is 18.9. The average Bonchev–Trinajstić information content (AvgIpc) is 2.90. The van der Waals surface area contributed by atoms with Crippen molar-refractivity contribution in [2.24, 2.45) is 5.41 Å². The van der Waals surface area contributed by atoms with E-state index in [1.54, 1.807) is 0 Å². The van der Waals surface area contributed by atoms with E-state index in [9.17, 15) is 0 Å². The van der Waals surface area contributed by atoms with Crippen molar-refractivity contribution in [3.05, 3.63) is 46.7 Å². The zero-order valence-electron chi connectivity index (χ0n) is 15.4. The van der Waals surface area contributed by atoms with Crippen LogP contribution in [0.1, 0.15) is 31.5 Å². The van der Waals surface area contributed by atoms with Crippen LogP contribution in [0.2, 0.25) is 5.02 Å². The maximum Gasteiger partial charge on any atom is 0.0835 e. The number of ether oxygens (including phenoxy) is 1. The average molecular weight is 373 g/mol. The molecule has 1 aromatic heterocycles. The van der Waals surface area contributed by atoms with E-state index in [1.807, 2.05) is 35.1 Å². The maximum absolute atomic E-state index is 8.59. The lowest BCUT2D eigenvalue weighted by Gasteiger charge is -2.29. The molecule has 0 bridgehead atoms. The number of hydrogen-bond donors (Lipinski definition) is 0. The zero-order valence-corrected chi connectivity index (χ0v) is 16.2. The molecule has 0 saturated heterocycles. The fraction of sp³-hybridized carbons (Fsp3) is 0.500. The number of rotatable bonds is 6. The van der Waals surface area contributed by atoms with E-state index in [0.29, 0.717) is 24.7 Å². The number of benzene rings is 1. The third-order valence-electron chi connectivity index (χ3n) is 4.64. The summed E-state index contributed by atoms with van der Waals surface area (Å²) in [5, 5.41) is 13.9. The second kappa shape index (κ2) is 8.22. The zero-order chi connectivity index (χ0) is 18.6. The van der Waals surface area contributed by atoms with Crippen LogP contribution in [0.3, 0.4) is 0 Å². The third kappa shape index (κ3) is 4.45. The minimum atomic E-state index is 0.122. The van der Waals surface area contributed by atoms with Crippen LogP contribution < -0.4 is 0 Å². The van der Waals surface area contributed by atoms with E-state index < -0.39 is 0 Å². The molecule has 1 aromatic carbocycles. The van der Waals surface area contributed by atoms with Crippen molar-refractivity contribution in [2.45, 2.75) is 33.2 Å². The molecule has 0 N–H and O–H groups in total. The second-order valence-electron chi connectivity index (χ2n) is 7.55. The predicted molar refractivity (Wildman–Crippen MR) is 102 cm³/mol. The highest BCUT2D eigenvalue weighted by atomic mass is 35.5. The topological polar surface area (TPSA) is 54.1 Å². The molecule has 3 rings (SSSR count). The second-order valence-corrected chi connectivity index (χ2v) is 7.96. The van der Waals surface area contributed by atoms with Gasteiger partial charge in [-0.3, -0.25) is 4.90 Å². The van der Waals surface area contributed by atoms with Crippen molar-refractivity contribution < 1.29 is 4.74 Å². The molecule has 26 heavy (non-hydrogen) atoms. The monoisotopic (exact) mass is 372 g/mol. The van der Waals surface area contributed by atoms with Gasteiger partial charge >= 0.3 is 0 Å². The Hall–Kier alpha value is -1.87. The Morgan fingerprint density at radius 3 is 2.88 bits per heavy atom. The Balaban J connectivity index is 1.79. The molecule has 0 unspecified atom stereocenters. The van der Waals surface area contributed by atoms with Crippen molar-refractivity contribution in [2.75, 3.05) is 26.3 Å². The molecule has 138 valence electrons. The molecular weight excluding hydrogens is 348 g/mol. The Bertz CT molecular complexity index is 793. The fourth-order valence-corrected chi connectivity index (χ4v) is 3.76. The van der Waals surface area contributed by atoms with Gasteiger partial charge in [-0.15, -0.1) is 0 Å². The van der Waals surface area contributed by atoms with Crippen LogP contribution in [0.25, 0.3) is 5.69 Å². The van der Waals surface area contributed by atoms with E-state index >= 15 is 0 Å². The Labute approximate surface area is 160 Å². The summed E-state index contributed by atoms with van der Waals surface area (Å²) in [5.41, 5.74) is 3.53. The smallest absolute Gasteiger partial charge is 0.0835 e. The van der Waals surface area contributed by atoms with E-state index in [0.717, 1.165) is 31.7 Å². The molecule has 2 aromatic rings. The number of halogens is 1. The Kier molecular flexibility index (Phi) is 5.98. The Morgan fingerprint density at radius 1 is 1.31 bits per heavy atom. The van der Waals surface area contributed by atoms with Gasteiger partial charge in [0.2, 0.25) is 0 Å². The lowest BCUT2D eigenvalue weighted by Crippen LogP contribution is -2.35. The van der Waals surface area contributed by atoms with Gasteiger partial charge in [0.25, 0.3) is 0 Å². The van der Waals surface area contributed by atoms with Crippen LogP contribution in [0.15, 0.2) is 30.5 Å². The summed E-state index contributed by atoms with van der Waals surface area (Å²) in [6, 6.07) is 9.94. The molecule has 0 spiro atoms. The van der Waals surface area contributed by atoms with Crippen molar-refractivity contribution in [1.82, 2.24) is 14.7 Å². The quantitative estimate of drug-likeness (QED) is 0.723. The van der Waals surface area contributed by atoms with Crippen molar-refractivity contribution >= 4 is 11.6 Å². The summed E-state index contributed by atoms with van der Waals surface area (Å²) in [7, 11) is 0. The van der Waals surface area contributed by atoms with Gasteiger partial charge in [-0.2, -0.15) is 10.4 Å². The molecule has 5 nitrogen and oxygen atoms in total. The van der Waals surface area contributed by atoms with Crippen molar-refractivity contribution in [3.8, 4) is 11.8 Å². The van der Waals surface area contributed by atoms with E-state index in [1.165, 1.54) is 11.3 Å². The maximum atomic E-state index is 8.59. The molecule has 6 heteroatoms. The van der Waals surface area contributed by atoms with Gasteiger partial charge in [-0.05, 0) is 24.0 Å². The fourth-order valence-electron chi connectivity index (χ4n) is 3.54. The number of fused-ring (bicyclic) bond motifs is 1. The van der Waals surface area contributed by atoms with E-state index in [4.69, 9.17) is 21.6 Å². The van der Waals surface area contributed by atoms with Crippen LogP contribution in [0, 0.1) is 16.7 Å². The number of nitrogens with zero attached hydrogens (tertiary/aromatic N) is 4. The number of para-hydroxylation sites is 1. The van der Waals surface area contributed by atoms with Crippen LogP contribution in [0.4, 0.5) is 0 Å². The first-order chi connectivity index (χ1) is 12.5. The van der Waals surface area contributed by atoms with Crippen LogP contribution in [-0.2, 0) is 17.7 Å². The standard InChI is InChI=1S/C20H25ClN4O/c1-20(2)12-19-16(14-24(15-20)9-11-26-10-5-8-22)13-23-25(19)18-7-4-3-6-17(18)21/h3-4,6-7,13H,5,9-12,14-15H2,1-2H3. The van der Waals surface area contributed by atoms with Gasteiger partial charge in [-0.25, -0.2) is 4.68 Å². The van der Waals surface area contributed by atoms with Crippen LogP contribution in [-0.4, -0.2) is 41.0 Å². The first-order valence-electron chi connectivity index (χ1n) is 8.98. The lowest BCUT2D eigenvalue weighted by atomic mass is 9.87. The predicted octanol–water partition coefficient (Wildman–Crippen LogP) is 3.84. The van der Waals surface area contributed by atoms with Gasteiger partial charge in [0, 0.05) is 30.9 Å². The number of aromatic nitrogens is 2. The van der Waals surface area contributed by atoms with Crippen molar-refractivity contribution in [1.29, 1.82) is 5.26 Å². The molecule has 0 fully saturated rings. The number of nitriles is 1. The summed E-state index contributed by atoms with van der Waals surface area (Å²) in [4.78, 5) is 2.41. The Morgan fingerprint density at radius 2 is 2.12 bits per heavy atom. The summed E-state index contributed by atoms with van der Waals surface area (Å²) in [5.74, 6) is 0. The summed E-state index contributed by atoms with van der Waals surface area (Å²) in [6.07, 6.45) is 3.35. The molecule has 0 amide bonds. The molecule has 0 aliphatic carbocycles. The van der Waals surface area contributed by atoms with Gasteiger partial charge in [0.1, 0.15) is 0 Å². The number of hydrogen-bond acceptors (Lipinski definition) is 4. The molecule has 0 atom stereocenters. The normalized spacial score (nSPS) is 16.7. The summed E-state index contributed by atoms with van der Waals surface area (Å²) >= 11 is 6.40. The highest BCUT2D eigenvalue weighted by Crippen LogP contribution is 2.32.